The second-order valence-electron chi connectivity index (χ2n) is 9.59. The van der Waals surface area contributed by atoms with Gasteiger partial charge in [-0.05, 0) is 61.1 Å². The molecule has 208 valence electrons. The van der Waals surface area contributed by atoms with Gasteiger partial charge in [-0.15, -0.1) is 13.2 Å². The molecule has 0 spiro atoms. The van der Waals surface area contributed by atoms with Crippen LogP contribution < -0.4 is 14.8 Å². The maximum atomic E-state index is 12.3. The molecule has 2 aliphatic rings. The van der Waals surface area contributed by atoms with E-state index in [0.717, 1.165) is 43.1 Å². The summed E-state index contributed by atoms with van der Waals surface area (Å²) >= 11 is 0. The maximum absolute atomic E-state index is 12.3. The highest BCUT2D eigenvalue weighted by Crippen LogP contribution is 2.45. The van der Waals surface area contributed by atoms with E-state index in [9.17, 15) is 18.0 Å². The van der Waals surface area contributed by atoms with Crippen LogP contribution in [0.1, 0.15) is 25.0 Å². The van der Waals surface area contributed by atoms with Crippen molar-refractivity contribution in [1.29, 1.82) is 0 Å². The molecule has 4 rings (SSSR count). The van der Waals surface area contributed by atoms with Crippen molar-refractivity contribution in [2.45, 2.75) is 45.3 Å². The van der Waals surface area contributed by atoms with Crippen LogP contribution in [0, 0.1) is 11.8 Å². The van der Waals surface area contributed by atoms with E-state index in [2.05, 4.69) is 15.0 Å². The van der Waals surface area contributed by atoms with Gasteiger partial charge in [0.25, 0.3) is 0 Å². The first-order valence-electron chi connectivity index (χ1n) is 13.1. The van der Waals surface area contributed by atoms with E-state index in [0.29, 0.717) is 44.1 Å². The van der Waals surface area contributed by atoms with Gasteiger partial charge >= 0.3 is 12.3 Å². The number of rotatable bonds is 14. The lowest BCUT2D eigenvalue weighted by Crippen LogP contribution is -2.33. The number of nitrogens with zero attached hydrogens (tertiary/aromatic N) is 1. The summed E-state index contributed by atoms with van der Waals surface area (Å²) in [7, 11) is 0. The van der Waals surface area contributed by atoms with Gasteiger partial charge in [0.2, 0.25) is 0 Å². The Bertz CT molecular complexity index is 1020. The summed E-state index contributed by atoms with van der Waals surface area (Å²) in [4.78, 5) is 14.4. The quantitative estimate of drug-likeness (QED) is 0.287. The Kier molecular flexibility index (Phi) is 9.51. The molecule has 7 nitrogen and oxygen atoms in total. The van der Waals surface area contributed by atoms with Crippen molar-refractivity contribution >= 4 is 5.97 Å². The van der Waals surface area contributed by atoms with E-state index >= 15 is 0 Å². The first kappa shape index (κ1) is 28.2. The zero-order valence-electron chi connectivity index (χ0n) is 21.7. The molecule has 1 saturated carbocycles. The Morgan fingerprint density at radius 2 is 1.61 bits per heavy atom. The lowest BCUT2D eigenvalue weighted by atomic mass is 10.1. The number of hydrogen-bond acceptors (Lipinski definition) is 7. The highest BCUT2D eigenvalue weighted by Gasteiger charge is 2.55. The van der Waals surface area contributed by atoms with E-state index < -0.39 is 12.5 Å². The Balaban J connectivity index is 1.11. The fourth-order valence-electron chi connectivity index (χ4n) is 5.08. The first-order valence-corrected chi connectivity index (χ1v) is 13.1. The smallest absolute Gasteiger partial charge is 0.492 e. The fraction of sp³-hybridized carbons (Fsp3) is 0.536. The minimum absolute atomic E-state index is 0.197. The molecular formula is C28H35F3N2O5. The number of carbonyl (C=O) groups is 1. The highest BCUT2D eigenvalue weighted by atomic mass is 19.4. The predicted octanol–water partition coefficient (Wildman–Crippen LogP) is 4.19. The monoisotopic (exact) mass is 536 g/mol. The molecule has 1 N–H and O–H groups in total. The van der Waals surface area contributed by atoms with Crippen LogP contribution in [0.2, 0.25) is 0 Å². The molecule has 2 fully saturated rings. The molecule has 1 saturated heterocycles. The van der Waals surface area contributed by atoms with Gasteiger partial charge < -0.3 is 24.3 Å². The molecule has 4 atom stereocenters. The van der Waals surface area contributed by atoms with Crippen molar-refractivity contribution in [1.82, 2.24) is 10.2 Å². The van der Waals surface area contributed by atoms with E-state index in [1.54, 1.807) is 19.1 Å². The van der Waals surface area contributed by atoms with Gasteiger partial charge in [0.05, 0.1) is 6.61 Å². The number of likely N-dealkylation sites (tertiary alicyclic amines) is 1. The molecule has 0 bridgehead atoms. The first-order chi connectivity index (χ1) is 18.3. The SMILES string of the molecule is CCOC(=O)[C@H](Cc1ccc(OCCNC2C3CN(Cc4ccc(OC(F)(F)F)cc4)C[C@@H]32)cc1)OCC. The van der Waals surface area contributed by atoms with E-state index in [-0.39, 0.29) is 11.7 Å². The molecule has 0 radical (unpaired) electrons. The van der Waals surface area contributed by atoms with Crippen LogP contribution in [-0.4, -0.2) is 68.8 Å². The summed E-state index contributed by atoms with van der Waals surface area (Å²) in [6.45, 7) is 8.35. The number of esters is 1. The third-order valence-corrected chi connectivity index (χ3v) is 6.85. The van der Waals surface area contributed by atoms with Gasteiger partial charge in [-0.25, -0.2) is 4.79 Å². The van der Waals surface area contributed by atoms with Crippen molar-refractivity contribution in [2.24, 2.45) is 11.8 Å². The topological polar surface area (TPSA) is 69.3 Å². The number of ether oxygens (including phenoxy) is 4. The van der Waals surface area contributed by atoms with Gasteiger partial charge in [-0.1, -0.05) is 24.3 Å². The van der Waals surface area contributed by atoms with Gasteiger partial charge in [-0.2, -0.15) is 0 Å². The minimum Gasteiger partial charge on any atom is -0.492 e. The van der Waals surface area contributed by atoms with Gasteiger partial charge in [0, 0.05) is 45.2 Å². The Morgan fingerprint density at radius 1 is 0.974 bits per heavy atom. The average molecular weight is 537 g/mol. The van der Waals surface area contributed by atoms with Crippen molar-refractivity contribution in [3.63, 3.8) is 0 Å². The van der Waals surface area contributed by atoms with Crippen LogP contribution >= 0.6 is 0 Å². The largest absolute Gasteiger partial charge is 0.573 e. The molecule has 1 aliphatic carbocycles. The van der Waals surface area contributed by atoms with E-state index in [1.807, 2.05) is 31.2 Å². The summed E-state index contributed by atoms with van der Waals surface area (Å²) in [5.41, 5.74) is 1.95. The molecule has 2 aromatic rings. The van der Waals surface area contributed by atoms with Crippen LogP contribution in [0.25, 0.3) is 0 Å². The lowest BCUT2D eigenvalue weighted by molar-refractivity contribution is -0.274. The molecule has 10 heteroatoms. The molecule has 1 heterocycles. The summed E-state index contributed by atoms with van der Waals surface area (Å²) < 4.78 is 57.3. The summed E-state index contributed by atoms with van der Waals surface area (Å²) in [6, 6.07) is 14.2. The van der Waals surface area contributed by atoms with Gasteiger partial charge in [-0.3, -0.25) is 4.90 Å². The predicted molar refractivity (Wildman–Crippen MR) is 135 cm³/mol. The number of fused-ring (bicyclic) bond motifs is 1. The number of benzene rings is 2. The average Bonchev–Trinajstić information content (AvgIpc) is 3.32. The Labute approximate surface area is 221 Å². The van der Waals surface area contributed by atoms with Gasteiger partial charge in [0.15, 0.2) is 6.10 Å². The van der Waals surface area contributed by atoms with Gasteiger partial charge in [0.1, 0.15) is 18.1 Å². The number of halogens is 3. The Hall–Kier alpha value is -2.82. The normalized spacial score (nSPS) is 21.6. The van der Waals surface area contributed by atoms with Crippen molar-refractivity contribution < 1.29 is 36.9 Å². The fourth-order valence-corrected chi connectivity index (χ4v) is 5.08. The molecule has 0 aromatic heterocycles. The second-order valence-corrected chi connectivity index (χ2v) is 9.59. The van der Waals surface area contributed by atoms with Crippen LogP contribution in [0.4, 0.5) is 13.2 Å². The summed E-state index contributed by atoms with van der Waals surface area (Å²) in [5, 5.41) is 3.58. The molecule has 2 aromatic carbocycles. The highest BCUT2D eigenvalue weighted by molar-refractivity contribution is 5.75. The van der Waals surface area contributed by atoms with Crippen molar-refractivity contribution in [2.75, 3.05) is 39.5 Å². The molecule has 2 unspecified atom stereocenters. The van der Waals surface area contributed by atoms with Crippen molar-refractivity contribution in [3.05, 3.63) is 59.7 Å². The van der Waals surface area contributed by atoms with E-state index in [4.69, 9.17) is 14.2 Å². The van der Waals surface area contributed by atoms with Crippen LogP contribution in [-0.2, 0) is 27.2 Å². The lowest BCUT2D eigenvalue weighted by Gasteiger charge is -2.20. The molecular weight excluding hydrogens is 501 g/mol. The van der Waals surface area contributed by atoms with Crippen LogP contribution in [0.15, 0.2) is 48.5 Å². The van der Waals surface area contributed by atoms with Crippen LogP contribution in [0.5, 0.6) is 11.5 Å². The number of hydrogen-bond donors (Lipinski definition) is 1. The second kappa shape index (κ2) is 12.8. The van der Waals surface area contributed by atoms with Crippen LogP contribution in [0.3, 0.4) is 0 Å². The summed E-state index contributed by atoms with van der Waals surface area (Å²) in [5.74, 6) is 1.42. The number of nitrogens with one attached hydrogen (secondary N) is 1. The number of piperidine rings is 1. The van der Waals surface area contributed by atoms with Crippen molar-refractivity contribution in [3.8, 4) is 11.5 Å². The minimum atomic E-state index is -4.67. The standard InChI is InChI=1S/C28H35F3N2O5/c1-3-35-25(27(34)36-4-2)15-19-5-9-21(10-6-19)37-14-13-32-26-23-17-33(18-24(23)26)16-20-7-11-22(12-8-20)38-28(29,30)31/h5-12,23-26,32H,3-4,13-18H2,1-2H3/t23-,24?,25-,26?/m0/s1. The summed E-state index contributed by atoms with van der Waals surface area (Å²) in [6.07, 6.45) is -4.83. The molecule has 0 amide bonds. The molecule has 38 heavy (non-hydrogen) atoms. The third kappa shape index (κ3) is 8.09. The maximum Gasteiger partial charge on any atom is 0.573 e. The molecule has 1 aliphatic heterocycles. The Morgan fingerprint density at radius 3 is 2.21 bits per heavy atom. The number of carbonyl (C=O) groups excluding carboxylic acids is 1. The number of alkyl halides is 3. The third-order valence-electron chi connectivity index (χ3n) is 6.85. The zero-order chi connectivity index (χ0) is 27.1. The zero-order valence-corrected chi connectivity index (χ0v) is 21.7. The van der Waals surface area contributed by atoms with E-state index in [1.165, 1.54) is 12.1 Å².